The number of hydrogen-bond acceptors (Lipinski definition) is 4. The molecule has 21 heavy (non-hydrogen) atoms. The summed E-state index contributed by atoms with van der Waals surface area (Å²) in [6, 6.07) is -0.253. The Balaban J connectivity index is 2.56. The summed E-state index contributed by atoms with van der Waals surface area (Å²) in [5.41, 5.74) is -0.843. The third kappa shape index (κ3) is 4.07. The number of ether oxygens (including phenoxy) is 2. The minimum atomic E-state index is -0.843. The Kier molecular flexibility index (Phi) is 6.42. The van der Waals surface area contributed by atoms with Gasteiger partial charge in [-0.2, -0.15) is 0 Å². The maximum absolute atomic E-state index is 12.1. The normalized spacial score (nSPS) is 23.4. The first-order chi connectivity index (χ1) is 9.87. The molecule has 1 saturated heterocycles. The fourth-order valence-electron chi connectivity index (χ4n) is 2.61. The molecular weight excluding hydrogens is 276 g/mol. The molecule has 0 saturated carbocycles. The van der Waals surface area contributed by atoms with E-state index in [1.54, 1.807) is 19.1 Å². The third-order valence-electron chi connectivity index (χ3n) is 4.29. The van der Waals surface area contributed by atoms with Gasteiger partial charge >= 0.3 is 12.0 Å². The van der Waals surface area contributed by atoms with Gasteiger partial charge in [0.15, 0.2) is 0 Å². The number of nitrogens with one attached hydrogen (secondary N) is 1. The van der Waals surface area contributed by atoms with Gasteiger partial charge in [-0.25, -0.2) is 4.79 Å². The molecule has 0 radical (unpaired) electrons. The average molecular weight is 302 g/mol. The lowest BCUT2D eigenvalue weighted by Crippen LogP contribution is -2.46. The monoisotopic (exact) mass is 302 g/mol. The molecular formula is C14H26N2O5. The van der Waals surface area contributed by atoms with Crippen LogP contribution in [0.15, 0.2) is 0 Å². The van der Waals surface area contributed by atoms with Crippen molar-refractivity contribution in [1.29, 1.82) is 0 Å². The summed E-state index contributed by atoms with van der Waals surface area (Å²) < 4.78 is 10.1. The highest BCUT2D eigenvalue weighted by Gasteiger charge is 2.48. The Bertz CT molecular complexity index is 374. The quantitative estimate of drug-likeness (QED) is 0.726. The second kappa shape index (κ2) is 7.61. The van der Waals surface area contributed by atoms with E-state index in [9.17, 15) is 14.7 Å². The number of carbonyl (C=O) groups is 2. The van der Waals surface area contributed by atoms with Crippen molar-refractivity contribution in [2.45, 2.75) is 26.4 Å². The molecule has 0 aromatic rings. The molecule has 1 aliphatic rings. The van der Waals surface area contributed by atoms with E-state index in [0.717, 1.165) is 0 Å². The van der Waals surface area contributed by atoms with Crippen LogP contribution in [0.4, 0.5) is 4.79 Å². The molecule has 0 spiro atoms. The molecule has 1 fully saturated rings. The lowest BCUT2D eigenvalue weighted by molar-refractivity contribution is -0.150. The van der Waals surface area contributed by atoms with E-state index < -0.39 is 11.4 Å². The molecule has 0 aromatic carbocycles. The molecule has 1 rings (SSSR count). The summed E-state index contributed by atoms with van der Waals surface area (Å²) in [5.74, 6) is -0.852. The number of carboxylic acids is 1. The zero-order chi connectivity index (χ0) is 16.0. The molecule has 2 N–H and O–H groups in total. The predicted octanol–water partition coefficient (Wildman–Crippen LogP) is 0.790. The van der Waals surface area contributed by atoms with Crippen molar-refractivity contribution < 1.29 is 24.2 Å². The second-order valence-electron chi connectivity index (χ2n) is 5.79. The minimum absolute atomic E-state index is 0.0204. The van der Waals surface area contributed by atoms with Crippen LogP contribution in [0.2, 0.25) is 0 Å². The molecule has 7 heteroatoms. The van der Waals surface area contributed by atoms with Crippen molar-refractivity contribution in [3.63, 3.8) is 0 Å². The SMILES string of the molecule is COCC(CNC(=O)N1CCC(C(=O)O)(C(C)C)C1)OC. The van der Waals surface area contributed by atoms with Gasteiger partial charge in [0.1, 0.15) is 0 Å². The topological polar surface area (TPSA) is 88.1 Å². The van der Waals surface area contributed by atoms with E-state index in [1.807, 2.05) is 13.8 Å². The third-order valence-corrected chi connectivity index (χ3v) is 4.29. The van der Waals surface area contributed by atoms with Gasteiger partial charge in [0.2, 0.25) is 0 Å². The van der Waals surface area contributed by atoms with Gasteiger partial charge in [-0.15, -0.1) is 0 Å². The summed E-state index contributed by atoms with van der Waals surface area (Å²) in [5, 5.41) is 12.2. The van der Waals surface area contributed by atoms with Crippen molar-refractivity contribution in [2.24, 2.45) is 11.3 Å². The Morgan fingerprint density at radius 1 is 1.38 bits per heavy atom. The Morgan fingerprint density at radius 2 is 2.05 bits per heavy atom. The van der Waals surface area contributed by atoms with Gasteiger partial charge < -0.3 is 24.8 Å². The van der Waals surface area contributed by atoms with E-state index in [-0.39, 0.29) is 24.6 Å². The molecule has 122 valence electrons. The second-order valence-corrected chi connectivity index (χ2v) is 5.79. The smallest absolute Gasteiger partial charge is 0.317 e. The Morgan fingerprint density at radius 3 is 2.48 bits per heavy atom. The number of hydrogen-bond donors (Lipinski definition) is 2. The lowest BCUT2D eigenvalue weighted by atomic mass is 9.76. The van der Waals surface area contributed by atoms with Gasteiger partial charge in [-0.1, -0.05) is 13.8 Å². The Labute approximate surface area is 125 Å². The van der Waals surface area contributed by atoms with Crippen LogP contribution >= 0.6 is 0 Å². The highest BCUT2D eigenvalue weighted by molar-refractivity contribution is 5.80. The highest BCUT2D eigenvalue weighted by Crippen LogP contribution is 2.38. The van der Waals surface area contributed by atoms with Gasteiger partial charge in [0.25, 0.3) is 0 Å². The largest absolute Gasteiger partial charge is 0.481 e. The van der Waals surface area contributed by atoms with Crippen LogP contribution in [-0.4, -0.2) is 68.6 Å². The van der Waals surface area contributed by atoms with E-state index >= 15 is 0 Å². The average Bonchev–Trinajstić information content (AvgIpc) is 2.89. The fourth-order valence-corrected chi connectivity index (χ4v) is 2.61. The summed E-state index contributed by atoms with van der Waals surface area (Å²) in [6.07, 6.45) is 0.273. The van der Waals surface area contributed by atoms with Gasteiger partial charge in [0, 0.05) is 33.9 Å². The van der Waals surface area contributed by atoms with Crippen LogP contribution in [0.3, 0.4) is 0 Å². The lowest BCUT2D eigenvalue weighted by Gasteiger charge is -2.28. The number of aliphatic carboxylic acids is 1. The zero-order valence-corrected chi connectivity index (χ0v) is 13.2. The van der Waals surface area contributed by atoms with Crippen LogP contribution in [0, 0.1) is 11.3 Å². The van der Waals surface area contributed by atoms with E-state index in [1.165, 1.54) is 0 Å². The molecule has 0 bridgehead atoms. The number of rotatable bonds is 7. The number of nitrogens with zero attached hydrogens (tertiary/aromatic N) is 1. The van der Waals surface area contributed by atoms with Crippen LogP contribution in [0.5, 0.6) is 0 Å². The van der Waals surface area contributed by atoms with Crippen molar-refractivity contribution in [3.8, 4) is 0 Å². The van der Waals surface area contributed by atoms with Crippen molar-refractivity contribution >= 4 is 12.0 Å². The van der Waals surface area contributed by atoms with Crippen LogP contribution in [-0.2, 0) is 14.3 Å². The maximum atomic E-state index is 12.1. The van der Waals surface area contributed by atoms with E-state index in [2.05, 4.69) is 5.32 Å². The molecule has 0 aliphatic carbocycles. The molecule has 2 amide bonds. The van der Waals surface area contributed by atoms with Gasteiger partial charge in [-0.05, 0) is 12.3 Å². The number of carboxylic acid groups (broad SMARTS) is 1. The fraction of sp³-hybridized carbons (Fsp3) is 0.857. The number of likely N-dealkylation sites (tertiary alicyclic amines) is 1. The standard InChI is InChI=1S/C14H26N2O5/c1-10(2)14(12(17)18)5-6-16(9-14)13(19)15-7-11(21-4)8-20-3/h10-11H,5-9H2,1-4H3,(H,15,19)(H,17,18). The molecule has 7 nitrogen and oxygen atoms in total. The summed E-state index contributed by atoms with van der Waals surface area (Å²) >= 11 is 0. The Hall–Kier alpha value is -1.34. The highest BCUT2D eigenvalue weighted by atomic mass is 16.5. The molecule has 2 atom stereocenters. The first kappa shape index (κ1) is 17.7. The molecule has 0 aromatic heterocycles. The van der Waals surface area contributed by atoms with Crippen LogP contribution < -0.4 is 5.32 Å². The molecule has 2 unspecified atom stereocenters. The van der Waals surface area contributed by atoms with Crippen molar-refractivity contribution in [3.05, 3.63) is 0 Å². The van der Waals surface area contributed by atoms with E-state index in [0.29, 0.717) is 26.1 Å². The zero-order valence-electron chi connectivity index (χ0n) is 13.2. The van der Waals surface area contributed by atoms with Gasteiger partial charge in [0.05, 0.1) is 18.1 Å². The number of urea groups is 1. The number of methoxy groups -OCH3 is 2. The summed E-state index contributed by atoms with van der Waals surface area (Å²) in [4.78, 5) is 25.2. The van der Waals surface area contributed by atoms with Gasteiger partial charge in [-0.3, -0.25) is 4.79 Å². The maximum Gasteiger partial charge on any atom is 0.317 e. The number of carbonyl (C=O) groups excluding carboxylic acids is 1. The minimum Gasteiger partial charge on any atom is -0.481 e. The summed E-state index contributed by atoms with van der Waals surface area (Å²) in [7, 11) is 3.12. The first-order valence-electron chi connectivity index (χ1n) is 7.15. The first-order valence-corrected chi connectivity index (χ1v) is 7.15. The van der Waals surface area contributed by atoms with Crippen molar-refractivity contribution in [1.82, 2.24) is 10.2 Å². The predicted molar refractivity (Wildman–Crippen MR) is 77.2 cm³/mol. The molecule has 1 heterocycles. The van der Waals surface area contributed by atoms with Crippen molar-refractivity contribution in [2.75, 3.05) is 40.5 Å². The molecule has 1 aliphatic heterocycles. The van der Waals surface area contributed by atoms with Crippen LogP contribution in [0.25, 0.3) is 0 Å². The van der Waals surface area contributed by atoms with E-state index in [4.69, 9.17) is 9.47 Å². The number of amides is 2. The van der Waals surface area contributed by atoms with Crippen LogP contribution in [0.1, 0.15) is 20.3 Å². The summed E-state index contributed by atoms with van der Waals surface area (Å²) in [6.45, 7) is 5.19.